The molecule has 2 rings (SSSR count). The lowest BCUT2D eigenvalue weighted by Crippen LogP contribution is -2.24. The highest BCUT2D eigenvalue weighted by atomic mass is 35.5. The van der Waals surface area contributed by atoms with Crippen molar-refractivity contribution in [3.8, 4) is 0 Å². The summed E-state index contributed by atoms with van der Waals surface area (Å²) in [4.78, 5) is 24.8. The molecule has 1 aromatic carbocycles. The second-order valence-electron chi connectivity index (χ2n) is 4.24. The monoisotopic (exact) mass is 329 g/mol. The van der Waals surface area contributed by atoms with E-state index in [-0.39, 0.29) is 29.8 Å². The van der Waals surface area contributed by atoms with Gasteiger partial charge in [0.15, 0.2) is 0 Å². The number of rotatable bonds is 4. The number of esters is 1. The molecule has 1 heterocycles. The highest BCUT2D eigenvalue weighted by Gasteiger charge is 2.28. The first-order valence-electron chi connectivity index (χ1n) is 6.26. The number of amides is 1. The summed E-state index contributed by atoms with van der Waals surface area (Å²) in [5.41, 5.74) is 0.615. The van der Waals surface area contributed by atoms with E-state index in [1.54, 1.807) is 6.92 Å². The molecule has 0 radical (unpaired) electrons. The van der Waals surface area contributed by atoms with Crippen LogP contribution in [0.5, 0.6) is 0 Å². The van der Waals surface area contributed by atoms with E-state index in [2.05, 4.69) is 0 Å². The zero-order valence-electron chi connectivity index (χ0n) is 11.3. The Morgan fingerprint density at radius 2 is 2.33 bits per heavy atom. The fraction of sp³-hybridized carbons (Fsp3) is 0.286. The van der Waals surface area contributed by atoms with Crippen molar-refractivity contribution in [2.75, 3.05) is 12.4 Å². The minimum Gasteiger partial charge on any atom is -0.463 e. The molecular formula is C14H13ClFNO3S. The Morgan fingerprint density at radius 1 is 1.57 bits per heavy atom. The Balaban J connectivity index is 2.19. The van der Waals surface area contributed by atoms with Crippen molar-refractivity contribution in [2.24, 2.45) is 0 Å². The lowest BCUT2D eigenvalue weighted by Gasteiger charge is -2.17. The van der Waals surface area contributed by atoms with Gasteiger partial charge in [0.05, 0.1) is 30.0 Å². The van der Waals surface area contributed by atoms with E-state index in [1.807, 2.05) is 0 Å². The van der Waals surface area contributed by atoms with Gasteiger partial charge >= 0.3 is 5.97 Å². The van der Waals surface area contributed by atoms with Crippen LogP contribution < -0.4 is 0 Å². The average Bonchev–Trinajstić information content (AvgIpc) is 2.74. The summed E-state index contributed by atoms with van der Waals surface area (Å²) in [6.07, 6.45) is 1.29. The molecular weight excluding hydrogens is 317 g/mol. The van der Waals surface area contributed by atoms with Crippen LogP contribution in [0.15, 0.2) is 29.3 Å². The van der Waals surface area contributed by atoms with Gasteiger partial charge in [0, 0.05) is 5.02 Å². The quantitative estimate of drug-likeness (QED) is 0.629. The maximum Gasteiger partial charge on any atom is 0.333 e. The molecule has 112 valence electrons. The van der Waals surface area contributed by atoms with Crippen LogP contribution in [0.2, 0.25) is 5.02 Å². The van der Waals surface area contributed by atoms with Crippen molar-refractivity contribution in [1.82, 2.24) is 4.90 Å². The first-order valence-corrected chi connectivity index (χ1v) is 7.63. The van der Waals surface area contributed by atoms with Crippen LogP contribution in [0, 0.1) is 5.82 Å². The van der Waals surface area contributed by atoms with Gasteiger partial charge in [-0.15, -0.1) is 0 Å². The Kier molecular flexibility index (Phi) is 5.25. The van der Waals surface area contributed by atoms with Gasteiger partial charge < -0.3 is 9.64 Å². The molecule has 7 heteroatoms. The van der Waals surface area contributed by atoms with Gasteiger partial charge in [0.1, 0.15) is 5.82 Å². The predicted molar refractivity (Wildman–Crippen MR) is 79.1 cm³/mol. The molecule has 21 heavy (non-hydrogen) atoms. The molecule has 4 nitrogen and oxygen atoms in total. The van der Waals surface area contributed by atoms with Gasteiger partial charge in [-0.3, -0.25) is 4.79 Å². The Bertz CT molecular complexity index is 606. The molecule has 0 atom stereocenters. The fourth-order valence-electron chi connectivity index (χ4n) is 1.81. The van der Waals surface area contributed by atoms with Crippen molar-refractivity contribution in [3.05, 3.63) is 45.7 Å². The maximum absolute atomic E-state index is 13.0. The van der Waals surface area contributed by atoms with Gasteiger partial charge in [-0.05, 0) is 24.6 Å². The lowest BCUT2D eigenvalue weighted by molar-refractivity contribution is -0.137. The third-order valence-electron chi connectivity index (χ3n) is 2.78. The van der Waals surface area contributed by atoms with Crippen molar-refractivity contribution in [2.45, 2.75) is 13.5 Å². The number of carbonyl (C=O) groups excluding carboxylic acids is 2. The molecule has 0 bridgehead atoms. The van der Waals surface area contributed by atoms with E-state index < -0.39 is 11.8 Å². The highest BCUT2D eigenvalue weighted by Crippen LogP contribution is 2.31. The Labute approximate surface area is 130 Å². The number of halogens is 2. The number of carbonyl (C=O) groups is 2. The topological polar surface area (TPSA) is 46.6 Å². The zero-order chi connectivity index (χ0) is 15.4. The summed E-state index contributed by atoms with van der Waals surface area (Å²) < 4.78 is 17.9. The van der Waals surface area contributed by atoms with E-state index in [0.29, 0.717) is 10.6 Å². The largest absolute Gasteiger partial charge is 0.463 e. The Hall–Kier alpha value is -1.53. The summed E-state index contributed by atoms with van der Waals surface area (Å²) in [5.74, 6) is -0.807. The van der Waals surface area contributed by atoms with Crippen molar-refractivity contribution >= 4 is 35.2 Å². The van der Waals surface area contributed by atoms with E-state index in [9.17, 15) is 14.0 Å². The molecule has 0 aliphatic carbocycles. The molecule has 0 unspecified atom stereocenters. The summed E-state index contributed by atoms with van der Waals surface area (Å²) in [6.45, 7) is 2.17. The fourth-order valence-corrected chi connectivity index (χ4v) is 2.96. The van der Waals surface area contributed by atoms with E-state index >= 15 is 0 Å². The molecule has 1 fully saturated rings. The van der Waals surface area contributed by atoms with Crippen LogP contribution in [0.4, 0.5) is 4.39 Å². The minimum absolute atomic E-state index is 0.129. The van der Waals surface area contributed by atoms with E-state index in [1.165, 1.54) is 40.9 Å². The number of benzene rings is 1. The minimum atomic E-state index is -0.495. The number of ether oxygens (including phenoxy) is 1. The third kappa shape index (κ3) is 3.98. The molecule has 1 aliphatic heterocycles. The number of thioether (sulfide) groups is 1. The number of hydrogen-bond acceptors (Lipinski definition) is 4. The van der Waals surface area contributed by atoms with Gasteiger partial charge in [0.2, 0.25) is 5.91 Å². The van der Waals surface area contributed by atoms with Crippen LogP contribution in [0.3, 0.4) is 0 Å². The molecule has 0 aromatic heterocycles. The van der Waals surface area contributed by atoms with E-state index in [4.69, 9.17) is 16.3 Å². The van der Waals surface area contributed by atoms with Crippen molar-refractivity contribution in [3.63, 3.8) is 0 Å². The molecule has 0 spiro atoms. The highest BCUT2D eigenvalue weighted by molar-refractivity contribution is 8.04. The average molecular weight is 330 g/mol. The third-order valence-corrected chi connectivity index (χ3v) is 4.16. The molecule has 0 N–H and O–H groups in total. The first-order chi connectivity index (χ1) is 10.0. The van der Waals surface area contributed by atoms with Gasteiger partial charge in [0.25, 0.3) is 0 Å². The number of hydrogen-bond donors (Lipinski definition) is 0. The van der Waals surface area contributed by atoms with Crippen molar-refractivity contribution < 1.29 is 18.7 Å². The summed E-state index contributed by atoms with van der Waals surface area (Å²) in [5, 5.41) is 0.758. The van der Waals surface area contributed by atoms with Crippen LogP contribution >= 0.6 is 23.4 Å². The second-order valence-corrected chi connectivity index (χ2v) is 5.64. The van der Waals surface area contributed by atoms with Crippen molar-refractivity contribution in [1.29, 1.82) is 0 Å². The first kappa shape index (κ1) is 15.9. The maximum atomic E-state index is 13.0. The standard InChI is InChI=1S/C14H13ClFNO3S/c1-2-20-14(19)6-13-17(12(18)8-21-13)7-9-3-4-10(16)5-11(9)15/h3-6H,2,7-8H2,1H3/b13-6-. The van der Waals surface area contributed by atoms with Gasteiger partial charge in [-0.25, -0.2) is 9.18 Å². The lowest BCUT2D eigenvalue weighted by atomic mass is 10.2. The summed E-state index contributed by atoms with van der Waals surface area (Å²) in [6, 6.07) is 4.00. The van der Waals surface area contributed by atoms with Crippen LogP contribution in [-0.2, 0) is 20.9 Å². The molecule has 1 aliphatic rings. The van der Waals surface area contributed by atoms with Crippen LogP contribution in [0.1, 0.15) is 12.5 Å². The number of nitrogens with zero attached hydrogens (tertiary/aromatic N) is 1. The molecule has 1 amide bonds. The van der Waals surface area contributed by atoms with Crippen LogP contribution in [-0.4, -0.2) is 29.1 Å². The van der Waals surface area contributed by atoms with Gasteiger partial charge in [-0.1, -0.05) is 29.4 Å². The zero-order valence-corrected chi connectivity index (χ0v) is 12.8. The van der Waals surface area contributed by atoms with E-state index in [0.717, 1.165) is 0 Å². The molecule has 0 saturated carbocycles. The summed E-state index contributed by atoms with van der Waals surface area (Å²) in [7, 11) is 0. The van der Waals surface area contributed by atoms with Gasteiger partial charge in [-0.2, -0.15) is 0 Å². The molecule has 1 aromatic rings. The Morgan fingerprint density at radius 3 is 3.00 bits per heavy atom. The summed E-state index contributed by atoms with van der Waals surface area (Å²) >= 11 is 7.22. The predicted octanol–water partition coefficient (Wildman–Crippen LogP) is 2.96. The molecule has 1 saturated heterocycles. The SMILES string of the molecule is CCOC(=O)/C=C1\SCC(=O)N1Cc1ccc(F)cc1Cl. The van der Waals surface area contributed by atoms with Crippen LogP contribution in [0.25, 0.3) is 0 Å². The second kappa shape index (κ2) is 6.95. The normalized spacial score (nSPS) is 16.6. The smallest absolute Gasteiger partial charge is 0.333 e.